The highest BCUT2D eigenvalue weighted by molar-refractivity contribution is 6.00. The van der Waals surface area contributed by atoms with Crippen LogP contribution in [0.15, 0.2) is 18.2 Å². The summed E-state index contributed by atoms with van der Waals surface area (Å²) in [5, 5.41) is 2.33. The van der Waals surface area contributed by atoms with Crippen molar-refractivity contribution in [1.82, 2.24) is 10.2 Å². The second-order valence-electron chi connectivity index (χ2n) is 5.47. The zero-order valence-corrected chi connectivity index (χ0v) is 14.5. The van der Waals surface area contributed by atoms with E-state index in [-0.39, 0.29) is 18.4 Å². The molecule has 2 rings (SSSR count). The number of hydrogen-bond donors (Lipinski definition) is 2. The number of nitrogens with zero attached hydrogens (tertiary/aromatic N) is 1. The standard InChI is InChI=1S/C17H19N3O4.CH2O/c1-3-9-24-19-14-6-4-5-12(11-21)13(14)10-20(2)15-7-8-16(22)18-17(15)23;1-2/h1,4-6,11,15,19H,7-10H2,2H3,(H,18,22,23);1H2. The van der Waals surface area contributed by atoms with E-state index in [0.29, 0.717) is 36.2 Å². The molecule has 1 heterocycles. The van der Waals surface area contributed by atoms with Gasteiger partial charge in [-0.25, -0.2) is 0 Å². The molecule has 8 nitrogen and oxygen atoms in total. The lowest BCUT2D eigenvalue weighted by Crippen LogP contribution is -2.51. The predicted molar refractivity (Wildman–Crippen MR) is 95.0 cm³/mol. The summed E-state index contributed by atoms with van der Waals surface area (Å²) in [4.78, 5) is 49.5. The van der Waals surface area contributed by atoms with Gasteiger partial charge >= 0.3 is 0 Å². The number of carbonyl (C=O) groups is 4. The molecule has 0 bridgehead atoms. The fraction of sp³-hybridized carbons (Fsp3) is 0.333. The highest BCUT2D eigenvalue weighted by atomic mass is 16.6. The maximum Gasteiger partial charge on any atom is 0.243 e. The van der Waals surface area contributed by atoms with Crippen LogP contribution in [0.2, 0.25) is 0 Å². The normalized spacial score (nSPS) is 16.1. The molecular weight excluding hydrogens is 338 g/mol. The van der Waals surface area contributed by atoms with E-state index in [2.05, 4.69) is 16.7 Å². The number of aldehydes is 1. The van der Waals surface area contributed by atoms with Crippen LogP contribution in [0.25, 0.3) is 0 Å². The number of carbonyl (C=O) groups excluding carboxylic acids is 4. The van der Waals surface area contributed by atoms with Crippen molar-refractivity contribution >= 4 is 30.6 Å². The van der Waals surface area contributed by atoms with Gasteiger partial charge in [-0.2, -0.15) is 0 Å². The van der Waals surface area contributed by atoms with Gasteiger partial charge in [0.2, 0.25) is 11.8 Å². The third-order valence-corrected chi connectivity index (χ3v) is 3.83. The van der Waals surface area contributed by atoms with Crippen molar-refractivity contribution in [3.8, 4) is 12.3 Å². The van der Waals surface area contributed by atoms with Crippen molar-refractivity contribution in [1.29, 1.82) is 0 Å². The van der Waals surface area contributed by atoms with Gasteiger partial charge in [0.05, 0.1) is 11.7 Å². The number of amides is 2. The Hall–Kier alpha value is -3.02. The SMILES string of the molecule is C#CCONc1cccc(C=O)c1CN(C)C1CCC(=O)NC1=O.C=O. The Morgan fingerprint density at radius 3 is 2.81 bits per heavy atom. The molecule has 1 atom stereocenters. The summed E-state index contributed by atoms with van der Waals surface area (Å²) >= 11 is 0. The van der Waals surface area contributed by atoms with Gasteiger partial charge in [-0.05, 0) is 19.5 Å². The van der Waals surface area contributed by atoms with Crippen LogP contribution in [0.5, 0.6) is 0 Å². The average Bonchev–Trinajstić information content (AvgIpc) is 2.64. The molecular formula is C18H21N3O5. The fourth-order valence-electron chi connectivity index (χ4n) is 2.60. The quantitative estimate of drug-likeness (QED) is 0.240. The van der Waals surface area contributed by atoms with Gasteiger partial charge in [0.25, 0.3) is 0 Å². The van der Waals surface area contributed by atoms with Crippen LogP contribution in [0, 0.1) is 12.3 Å². The molecule has 0 aliphatic carbocycles. The third kappa shape index (κ3) is 5.51. The molecule has 1 unspecified atom stereocenters. The number of nitrogens with one attached hydrogen (secondary N) is 2. The Labute approximate surface area is 151 Å². The summed E-state index contributed by atoms with van der Waals surface area (Å²) < 4.78 is 0. The summed E-state index contributed by atoms with van der Waals surface area (Å²) in [5.74, 6) is 1.75. The zero-order valence-electron chi connectivity index (χ0n) is 14.5. The maximum absolute atomic E-state index is 12.0. The zero-order chi connectivity index (χ0) is 19.5. The average molecular weight is 359 g/mol. The van der Waals surface area contributed by atoms with Crippen LogP contribution < -0.4 is 10.8 Å². The molecule has 8 heteroatoms. The van der Waals surface area contributed by atoms with Crippen LogP contribution in [0.4, 0.5) is 5.69 Å². The molecule has 1 saturated heterocycles. The maximum atomic E-state index is 12.0. The highest BCUT2D eigenvalue weighted by Gasteiger charge is 2.30. The Bertz CT molecular complexity index is 699. The Morgan fingerprint density at radius 1 is 1.46 bits per heavy atom. The highest BCUT2D eigenvalue weighted by Crippen LogP contribution is 2.23. The minimum absolute atomic E-state index is 0.0771. The molecule has 26 heavy (non-hydrogen) atoms. The van der Waals surface area contributed by atoms with E-state index in [9.17, 15) is 14.4 Å². The molecule has 2 N–H and O–H groups in total. The van der Waals surface area contributed by atoms with Crippen molar-refractivity contribution in [2.45, 2.75) is 25.4 Å². The molecule has 1 fully saturated rings. The van der Waals surface area contributed by atoms with E-state index >= 15 is 0 Å². The van der Waals surface area contributed by atoms with E-state index in [1.54, 1.807) is 30.1 Å². The summed E-state index contributed by atoms with van der Waals surface area (Å²) in [5.41, 5.74) is 4.52. The first-order valence-electron chi connectivity index (χ1n) is 7.78. The number of rotatable bonds is 7. The fourth-order valence-corrected chi connectivity index (χ4v) is 2.60. The number of terminal acetylenes is 1. The summed E-state index contributed by atoms with van der Waals surface area (Å²) in [6, 6.07) is 4.74. The van der Waals surface area contributed by atoms with Gasteiger partial charge in [-0.3, -0.25) is 34.9 Å². The van der Waals surface area contributed by atoms with Crippen LogP contribution in [-0.2, 0) is 25.8 Å². The van der Waals surface area contributed by atoms with E-state index in [1.165, 1.54) is 0 Å². The summed E-state index contributed by atoms with van der Waals surface area (Å²) in [7, 11) is 1.77. The van der Waals surface area contributed by atoms with E-state index in [0.717, 1.165) is 6.29 Å². The van der Waals surface area contributed by atoms with Gasteiger partial charge in [0, 0.05) is 24.1 Å². The summed E-state index contributed by atoms with van der Waals surface area (Å²) in [6.45, 7) is 2.41. The van der Waals surface area contributed by atoms with Crippen LogP contribution >= 0.6 is 0 Å². The minimum atomic E-state index is -0.429. The van der Waals surface area contributed by atoms with Crippen molar-refractivity contribution in [3.63, 3.8) is 0 Å². The first-order chi connectivity index (χ1) is 12.6. The Balaban J connectivity index is 0.00000163. The topological polar surface area (TPSA) is 105 Å². The second kappa shape index (κ2) is 10.8. The van der Waals surface area contributed by atoms with Crippen molar-refractivity contribution in [2.24, 2.45) is 0 Å². The lowest BCUT2D eigenvalue weighted by molar-refractivity contribution is -0.137. The first kappa shape index (κ1) is 21.0. The molecule has 1 aromatic rings. The lowest BCUT2D eigenvalue weighted by atomic mass is 10.0. The third-order valence-electron chi connectivity index (χ3n) is 3.83. The Morgan fingerprint density at radius 2 is 2.19 bits per heavy atom. The molecule has 0 saturated carbocycles. The van der Waals surface area contributed by atoms with Gasteiger partial charge in [0.1, 0.15) is 19.7 Å². The molecule has 0 radical (unpaired) electrons. The van der Waals surface area contributed by atoms with Gasteiger partial charge in [-0.15, -0.1) is 6.42 Å². The first-order valence-corrected chi connectivity index (χ1v) is 7.78. The number of imide groups is 1. The second-order valence-corrected chi connectivity index (χ2v) is 5.47. The number of likely N-dealkylation sites (N-methyl/N-ethyl adjacent to an activating group) is 1. The molecule has 2 amide bonds. The number of benzene rings is 1. The lowest BCUT2D eigenvalue weighted by Gasteiger charge is -2.30. The smallest absolute Gasteiger partial charge is 0.243 e. The van der Waals surface area contributed by atoms with Crippen LogP contribution in [0.1, 0.15) is 28.8 Å². The predicted octanol–water partition coefficient (Wildman–Crippen LogP) is 0.528. The molecule has 1 aliphatic heterocycles. The molecule has 1 aliphatic rings. The molecule has 0 aromatic heterocycles. The van der Waals surface area contributed by atoms with Crippen LogP contribution in [0.3, 0.4) is 0 Å². The van der Waals surface area contributed by atoms with Crippen molar-refractivity contribution in [2.75, 3.05) is 19.1 Å². The van der Waals surface area contributed by atoms with Crippen molar-refractivity contribution in [3.05, 3.63) is 29.3 Å². The monoisotopic (exact) mass is 359 g/mol. The van der Waals surface area contributed by atoms with Gasteiger partial charge in [-0.1, -0.05) is 18.1 Å². The number of anilines is 1. The minimum Gasteiger partial charge on any atom is -0.307 e. The number of hydrogen-bond acceptors (Lipinski definition) is 7. The summed E-state index contributed by atoms with van der Waals surface area (Å²) in [6.07, 6.45) is 6.63. The van der Waals surface area contributed by atoms with Crippen LogP contribution in [-0.4, -0.2) is 49.5 Å². The molecule has 138 valence electrons. The largest absolute Gasteiger partial charge is 0.307 e. The van der Waals surface area contributed by atoms with E-state index in [1.807, 2.05) is 6.79 Å². The van der Waals surface area contributed by atoms with Crippen molar-refractivity contribution < 1.29 is 24.0 Å². The van der Waals surface area contributed by atoms with Gasteiger partial charge < -0.3 is 4.79 Å². The Kier molecular flexibility index (Phi) is 8.70. The number of piperidine rings is 1. The molecule has 0 spiro atoms. The van der Waals surface area contributed by atoms with Gasteiger partial charge in [0.15, 0.2) is 0 Å². The van der Waals surface area contributed by atoms with E-state index in [4.69, 9.17) is 16.1 Å². The molecule has 1 aromatic carbocycles. The van der Waals surface area contributed by atoms with E-state index < -0.39 is 6.04 Å².